The van der Waals surface area contributed by atoms with E-state index in [1.165, 1.54) is 5.56 Å². The molecule has 108 valence electrons. The molecule has 0 aliphatic carbocycles. The standard InChI is InChI=1S/C15H25BrN2O/c1-4-18(5-2)8-9-19-14-6-7-15(16)13(11-14)10-12(3)17/h6-7,11-12H,4-5,8-10,17H2,1-3H3. The number of ether oxygens (including phenoxy) is 1. The Bertz CT molecular complexity index is 378. The monoisotopic (exact) mass is 328 g/mol. The normalized spacial score (nSPS) is 12.7. The highest BCUT2D eigenvalue weighted by molar-refractivity contribution is 9.10. The van der Waals surface area contributed by atoms with Gasteiger partial charge in [0.15, 0.2) is 0 Å². The number of nitrogens with zero attached hydrogens (tertiary/aromatic N) is 1. The van der Waals surface area contributed by atoms with E-state index in [4.69, 9.17) is 10.5 Å². The van der Waals surface area contributed by atoms with Crippen molar-refractivity contribution in [3.8, 4) is 5.75 Å². The number of hydrogen-bond acceptors (Lipinski definition) is 3. The summed E-state index contributed by atoms with van der Waals surface area (Å²) in [6, 6.07) is 6.26. The molecular weight excluding hydrogens is 304 g/mol. The van der Waals surface area contributed by atoms with Crippen molar-refractivity contribution in [1.82, 2.24) is 4.90 Å². The summed E-state index contributed by atoms with van der Waals surface area (Å²) < 4.78 is 6.91. The molecule has 0 bridgehead atoms. The van der Waals surface area contributed by atoms with Gasteiger partial charge in [0.2, 0.25) is 0 Å². The number of likely N-dealkylation sites (N-methyl/N-ethyl adjacent to an activating group) is 1. The highest BCUT2D eigenvalue weighted by Crippen LogP contribution is 2.23. The van der Waals surface area contributed by atoms with E-state index in [9.17, 15) is 0 Å². The molecule has 3 nitrogen and oxygen atoms in total. The number of halogens is 1. The smallest absolute Gasteiger partial charge is 0.119 e. The minimum absolute atomic E-state index is 0.155. The fourth-order valence-electron chi connectivity index (χ4n) is 1.98. The Morgan fingerprint density at radius 3 is 2.58 bits per heavy atom. The summed E-state index contributed by atoms with van der Waals surface area (Å²) in [5, 5.41) is 0. The lowest BCUT2D eigenvalue weighted by molar-refractivity contribution is 0.222. The predicted octanol–water partition coefficient (Wildman–Crippen LogP) is 3.06. The van der Waals surface area contributed by atoms with Crippen molar-refractivity contribution in [3.63, 3.8) is 0 Å². The molecule has 1 aromatic carbocycles. The molecule has 1 aromatic rings. The third-order valence-corrected chi connectivity index (χ3v) is 3.90. The first-order valence-electron chi connectivity index (χ1n) is 6.96. The number of nitrogens with two attached hydrogens (primary N) is 1. The molecule has 0 spiro atoms. The largest absolute Gasteiger partial charge is 0.492 e. The van der Waals surface area contributed by atoms with Gasteiger partial charge in [0.25, 0.3) is 0 Å². The van der Waals surface area contributed by atoms with Gasteiger partial charge in [-0.25, -0.2) is 0 Å². The number of rotatable bonds is 8. The molecule has 0 saturated heterocycles. The molecule has 0 saturated carbocycles. The molecule has 1 unspecified atom stereocenters. The second-order valence-corrected chi connectivity index (χ2v) is 5.66. The summed E-state index contributed by atoms with van der Waals surface area (Å²) >= 11 is 3.55. The van der Waals surface area contributed by atoms with Crippen molar-refractivity contribution in [2.45, 2.75) is 33.2 Å². The van der Waals surface area contributed by atoms with Crippen molar-refractivity contribution < 1.29 is 4.74 Å². The van der Waals surface area contributed by atoms with Gasteiger partial charge >= 0.3 is 0 Å². The SMILES string of the molecule is CCN(CC)CCOc1ccc(Br)c(CC(C)N)c1. The quantitative estimate of drug-likeness (QED) is 0.797. The van der Waals surface area contributed by atoms with Gasteiger partial charge in [-0.3, -0.25) is 0 Å². The lowest BCUT2D eigenvalue weighted by Crippen LogP contribution is -2.27. The second kappa shape index (κ2) is 8.56. The van der Waals surface area contributed by atoms with Crippen LogP contribution in [0.15, 0.2) is 22.7 Å². The molecule has 1 rings (SSSR count). The van der Waals surface area contributed by atoms with E-state index in [2.05, 4.69) is 40.7 Å². The third-order valence-electron chi connectivity index (χ3n) is 3.13. The fraction of sp³-hybridized carbons (Fsp3) is 0.600. The molecule has 0 radical (unpaired) electrons. The van der Waals surface area contributed by atoms with Crippen LogP contribution in [0, 0.1) is 0 Å². The van der Waals surface area contributed by atoms with E-state index in [1.54, 1.807) is 0 Å². The van der Waals surface area contributed by atoms with Crippen LogP contribution in [-0.2, 0) is 6.42 Å². The fourth-order valence-corrected chi connectivity index (χ4v) is 2.39. The van der Waals surface area contributed by atoms with Crippen molar-refractivity contribution in [2.75, 3.05) is 26.2 Å². The Balaban J connectivity index is 2.54. The highest BCUT2D eigenvalue weighted by atomic mass is 79.9. The zero-order valence-electron chi connectivity index (χ0n) is 12.2. The number of hydrogen-bond donors (Lipinski definition) is 1. The van der Waals surface area contributed by atoms with Gasteiger partial charge in [-0.05, 0) is 50.2 Å². The van der Waals surface area contributed by atoms with Gasteiger partial charge in [0.05, 0.1) is 0 Å². The summed E-state index contributed by atoms with van der Waals surface area (Å²) in [6.45, 7) is 10.2. The molecule has 0 heterocycles. The summed E-state index contributed by atoms with van der Waals surface area (Å²) in [7, 11) is 0. The zero-order chi connectivity index (χ0) is 14.3. The van der Waals surface area contributed by atoms with Crippen molar-refractivity contribution >= 4 is 15.9 Å². The lowest BCUT2D eigenvalue weighted by Gasteiger charge is -2.18. The van der Waals surface area contributed by atoms with Gasteiger partial charge in [-0.2, -0.15) is 0 Å². The Hall–Kier alpha value is -0.580. The Labute approximate surface area is 125 Å². The molecule has 4 heteroatoms. The van der Waals surface area contributed by atoms with E-state index in [0.29, 0.717) is 0 Å². The van der Waals surface area contributed by atoms with Crippen LogP contribution >= 0.6 is 15.9 Å². The molecule has 0 aliphatic rings. The van der Waals surface area contributed by atoms with Gasteiger partial charge in [-0.1, -0.05) is 29.8 Å². The minimum Gasteiger partial charge on any atom is -0.492 e. The van der Waals surface area contributed by atoms with Crippen LogP contribution in [0.2, 0.25) is 0 Å². The van der Waals surface area contributed by atoms with E-state index >= 15 is 0 Å². The maximum atomic E-state index is 5.85. The maximum absolute atomic E-state index is 5.85. The van der Waals surface area contributed by atoms with Gasteiger partial charge in [0, 0.05) is 17.1 Å². The Morgan fingerprint density at radius 1 is 1.32 bits per heavy atom. The van der Waals surface area contributed by atoms with Gasteiger partial charge < -0.3 is 15.4 Å². The molecule has 2 N–H and O–H groups in total. The lowest BCUT2D eigenvalue weighted by atomic mass is 10.1. The Kier molecular flexibility index (Phi) is 7.42. The average Bonchev–Trinajstić information content (AvgIpc) is 2.38. The summed E-state index contributed by atoms with van der Waals surface area (Å²) in [5.41, 5.74) is 7.05. The molecule has 0 aromatic heterocycles. The molecule has 0 amide bonds. The summed E-state index contributed by atoms with van der Waals surface area (Å²) in [6.07, 6.45) is 0.855. The van der Waals surface area contributed by atoms with Crippen molar-refractivity contribution in [3.05, 3.63) is 28.2 Å². The maximum Gasteiger partial charge on any atom is 0.119 e. The Morgan fingerprint density at radius 2 is 2.00 bits per heavy atom. The molecule has 0 aliphatic heterocycles. The third kappa shape index (κ3) is 5.93. The minimum atomic E-state index is 0.155. The molecular formula is C15H25BrN2O. The van der Waals surface area contributed by atoms with Gasteiger partial charge in [-0.15, -0.1) is 0 Å². The number of benzene rings is 1. The summed E-state index contributed by atoms with van der Waals surface area (Å²) in [4.78, 5) is 2.35. The topological polar surface area (TPSA) is 38.5 Å². The first-order valence-corrected chi connectivity index (χ1v) is 7.75. The van der Waals surface area contributed by atoms with Crippen LogP contribution in [0.5, 0.6) is 5.75 Å². The molecule has 0 fully saturated rings. The first kappa shape index (κ1) is 16.5. The van der Waals surface area contributed by atoms with E-state index in [0.717, 1.165) is 42.9 Å². The van der Waals surface area contributed by atoms with Crippen LogP contribution in [-0.4, -0.2) is 37.2 Å². The van der Waals surface area contributed by atoms with E-state index in [-0.39, 0.29) is 6.04 Å². The van der Waals surface area contributed by atoms with Crippen LogP contribution in [0.25, 0.3) is 0 Å². The summed E-state index contributed by atoms with van der Waals surface area (Å²) in [5.74, 6) is 0.922. The van der Waals surface area contributed by atoms with E-state index in [1.807, 2.05) is 19.1 Å². The molecule has 19 heavy (non-hydrogen) atoms. The predicted molar refractivity (Wildman–Crippen MR) is 84.8 cm³/mol. The van der Waals surface area contributed by atoms with Crippen LogP contribution in [0.3, 0.4) is 0 Å². The molecule has 1 atom stereocenters. The van der Waals surface area contributed by atoms with Crippen LogP contribution in [0.4, 0.5) is 0 Å². The van der Waals surface area contributed by atoms with E-state index < -0.39 is 0 Å². The van der Waals surface area contributed by atoms with Gasteiger partial charge in [0.1, 0.15) is 12.4 Å². The highest BCUT2D eigenvalue weighted by Gasteiger charge is 2.06. The first-order chi connectivity index (χ1) is 9.06. The van der Waals surface area contributed by atoms with Crippen molar-refractivity contribution in [2.24, 2.45) is 5.73 Å². The van der Waals surface area contributed by atoms with Crippen LogP contribution < -0.4 is 10.5 Å². The second-order valence-electron chi connectivity index (χ2n) is 4.81. The van der Waals surface area contributed by atoms with Crippen molar-refractivity contribution in [1.29, 1.82) is 0 Å². The zero-order valence-corrected chi connectivity index (χ0v) is 13.7. The average molecular weight is 329 g/mol. The van der Waals surface area contributed by atoms with Crippen LogP contribution in [0.1, 0.15) is 26.3 Å².